The summed E-state index contributed by atoms with van der Waals surface area (Å²) in [5, 5.41) is 10.5. The molecular weight excluding hydrogens is 278 g/mol. The van der Waals surface area contributed by atoms with Gasteiger partial charge in [0.15, 0.2) is 0 Å². The number of pyridine rings is 1. The lowest BCUT2D eigenvalue weighted by atomic mass is 10.0. The molecular formula is C16H21N5O. The molecule has 1 amide bonds. The topological polar surface area (TPSA) is 73.9 Å². The molecule has 3 rings (SSSR count). The fourth-order valence-electron chi connectivity index (χ4n) is 2.71. The molecule has 6 heteroatoms. The predicted octanol–water partition coefficient (Wildman–Crippen LogP) is 1.71. The molecule has 2 N–H and O–H groups in total. The van der Waals surface area contributed by atoms with E-state index in [-0.39, 0.29) is 11.9 Å². The number of H-pyrrole nitrogens is 1. The Kier molecular flexibility index (Phi) is 4.20. The minimum atomic E-state index is -0.0292. The van der Waals surface area contributed by atoms with Gasteiger partial charge in [-0.3, -0.25) is 14.9 Å². The van der Waals surface area contributed by atoms with E-state index in [0.717, 1.165) is 24.3 Å². The Hall–Kier alpha value is -2.21. The first-order valence-corrected chi connectivity index (χ1v) is 7.63. The average Bonchev–Trinajstić information content (AvgIpc) is 3.05. The van der Waals surface area contributed by atoms with Crippen molar-refractivity contribution in [3.8, 4) is 0 Å². The molecule has 1 aliphatic rings. The molecule has 2 aromatic heterocycles. The van der Waals surface area contributed by atoms with Gasteiger partial charge in [0, 0.05) is 37.7 Å². The van der Waals surface area contributed by atoms with Gasteiger partial charge in [-0.25, -0.2) is 0 Å². The Balaban J connectivity index is 1.85. The normalized spacial score (nSPS) is 18.7. The van der Waals surface area contributed by atoms with E-state index in [2.05, 4.69) is 34.3 Å². The number of nitrogens with zero attached hydrogens (tertiary/aromatic N) is 3. The Morgan fingerprint density at radius 3 is 3.00 bits per heavy atom. The van der Waals surface area contributed by atoms with Crippen LogP contribution in [-0.2, 0) is 0 Å². The summed E-state index contributed by atoms with van der Waals surface area (Å²) >= 11 is 0. The molecule has 0 radical (unpaired) electrons. The van der Waals surface area contributed by atoms with E-state index < -0.39 is 0 Å². The van der Waals surface area contributed by atoms with Crippen LogP contribution in [0.2, 0.25) is 0 Å². The maximum absolute atomic E-state index is 12.8. The van der Waals surface area contributed by atoms with E-state index in [0.29, 0.717) is 18.2 Å². The number of nitrogens with one attached hydrogen (secondary N) is 2. The highest BCUT2D eigenvalue weighted by Crippen LogP contribution is 2.23. The van der Waals surface area contributed by atoms with Crippen LogP contribution >= 0.6 is 0 Å². The molecule has 0 bridgehead atoms. The lowest BCUT2D eigenvalue weighted by Gasteiger charge is -2.35. The van der Waals surface area contributed by atoms with Crippen LogP contribution in [0.5, 0.6) is 0 Å². The number of hydrogen-bond acceptors (Lipinski definition) is 4. The van der Waals surface area contributed by atoms with Crippen molar-refractivity contribution in [1.29, 1.82) is 0 Å². The van der Waals surface area contributed by atoms with Crippen molar-refractivity contribution >= 4 is 5.91 Å². The molecule has 1 unspecified atom stereocenters. The lowest BCUT2D eigenvalue weighted by molar-refractivity contribution is 0.0628. The molecule has 3 heterocycles. The highest BCUT2D eigenvalue weighted by molar-refractivity contribution is 5.92. The summed E-state index contributed by atoms with van der Waals surface area (Å²) in [6, 6.07) is 5.76. The van der Waals surface area contributed by atoms with E-state index in [1.165, 1.54) is 0 Å². The maximum Gasteiger partial charge on any atom is 0.274 e. The van der Waals surface area contributed by atoms with Crippen LogP contribution in [0.1, 0.15) is 47.6 Å². The summed E-state index contributed by atoms with van der Waals surface area (Å²) in [5.41, 5.74) is 2.51. The molecule has 1 fully saturated rings. The minimum Gasteiger partial charge on any atom is -0.328 e. The van der Waals surface area contributed by atoms with Gasteiger partial charge in [0.2, 0.25) is 0 Å². The highest BCUT2D eigenvalue weighted by atomic mass is 16.2. The van der Waals surface area contributed by atoms with Crippen LogP contribution in [0, 0.1) is 0 Å². The van der Waals surface area contributed by atoms with Gasteiger partial charge in [0.1, 0.15) is 5.69 Å². The van der Waals surface area contributed by atoms with Gasteiger partial charge in [-0.05, 0) is 23.6 Å². The van der Waals surface area contributed by atoms with E-state index in [9.17, 15) is 4.79 Å². The van der Waals surface area contributed by atoms with Crippen LogP contribution in [-0.4, -0.2) is 45.6 Å². The zero-order chi connectivity index (χ0) is 15.5. The monoisotopic (exact) mass is 299 g/mol. The zero-order valence-electron chi connectivity index (χ0n) is 12.9. The van der Waals surface area contributed by atoms with Gasteiger partial charge in [-0.1, -0.05) is 19.9 Å². The molecule has 116 valence electrons. The summed E-state index contributed by atoms with van der Waals surface area (Å²) in [4.78, 5) is 18.9. The number of amides is 1. The SMILES string of the molecule is CC(C)c1cc(C(=O)N2CCNCC2c2cccnc2)n[nH]1. The second-order valence-electron chi connectivity index (χ2n) is 5.87. The standard InChI is InChI=1S/C16H21N5O/c1-11(2)13-8-14(20-19-13)16(22)21-7-6-18-10-15(21)12-4-3-5-17-9-12/h3-5,8-9,11,15,18H,6-7,10H2,1-2H3,(H,19,20). The van der Waals surface area contributed by atoms with Gasteiger partial charge in [-0.15, -0.1) is 0 Å². The van der Waals surface area contributed by atoms with Crippen molar-refractivity contribution < 1.29 is 4.79 Å². The second kappa shape index (κ2) is 6.27. The van der Waals surface area contributed by atoms with Crippen molar-refractivity contribution in [3.63, 3.8) is 0 Å². The number of aromatic nitrogens is 3. The predicted molar refractivity (Wildman–Crippen MR) is 83.6 cm³/mol. The molecule has 6 nitrogen and oxygen atoms in total. The van der Waals surface area contributed by atoms with Crippen molar-refractivity contribution in [1.82, 2.24) is 25.4 Å². The van der Waals surface area contributed by atoms with Gasteiger partial charge >= 0.3 is 0 Å². The van der Waals surface area contributed by atoms with E-state index >= 15 is 0 Å². The Morgan fingerprint density at radius 1 is 1.45 bits per heavy atom. The second-order valence-corrected chi connectivity index (χ2v) is 5.87. The van der Waals surface area contributed by atoms with Gasteiger partial charge < -0.3 is 10.2 Å². The van der Waals surface area contributed by atoms with Crippen LogP contribution in [0.25, 0.3) is 0 Å². The quantitative estimate of drug-likeness (QED) is 0.905. The first kappa shape index (κ1) is 14.7. The first-order valence-electron chi connectivity index (χ1n) is 7.63. The molecule has 0 spiro atoms. The van der Waals surface area contributed by atoms with Crippen LogP contribution in [0.15, 0.2) is 30.6 Å². The van der Waals surface area contributed by atoms with Crippen molar-refractivity contribution in [3.05, 3.63) is 47.5 Å². The van der Waals surface area contributed by atoms with Gasteiger partial charge in [0.25, 0.3) is 5.91 Å². The smallest absolute Gasteiger partial charge is 0.274 e. The maximum atomic E-state index is 12.8. The molecule has 1 saturated heterocycles. The number of carbonyl (C=O) groups is 1. The Bertz CT molecular complexity index is 637. The molecule has 2 aromatic rings. The molecule has 1 atom stereocenters. The Morgan fingerprint density at radius 2 is 2.32 bits per heavy atom. The average molecular weight is 299 g/mol. The van der Waals surface area contributed by atoms with Crippen LogP contribution in [0.3, 0.4) is 0 Å². The summed E-state index contributed by atoms with van der Waals surface area (Å²) in [7, 11) is 0. The third-order valence-corrected chi connectivity index (χ3v) is 4.01. The zero-order valence-corrected chi connectivity index (χ0v) is 12.9. The minimum absolute atomic E-state index is 0.00542. The van der Waals surface area contributed by atoms with Crippen LogP contribution < -0.4 is 5.32 Å². The largest absolute Gasteiger partial charge is 0.328 e. The summed E-state index contributed by atoms with van der Waals surface area (Å²) in [6.45, 7) is 6.35. The van der Waals surface area contributed by atoms with Crippen molar-refractivity contribution in [2.24, 2.45) is 0 Å². The third-order valence-electron chi connectivity index (χ3n) is 4.01. The molecule has 1 aliphatic heterocycles. The number of carbonyl (C=O) groups excluding carboxylic acids is 1. The fourth-order valence-corrected chi connectivity index (χ4v) is 2.71. The molecule has 22 heavy (non-hydrogen) atoms. The number of piperazine rings is 1. The fraction of sp³-hybridized carbons (Fsp3) is 0.438. The van der Waals surface area contributed by atoms with E-state index in [1.807, 2.05) is 29.3 Å². The van der Waals surface area contributed by atoms with Crippen LogP contribution in [0.4, 0.5) is 0 Å². The summed E-state index contributed by atoms with van der Waals surface area (Å²) in [5.74, 6) is 0.296. The summed E-state index contributed by atoms with van der Waals surface area (Å²) in [6.07, 6.45) is 3.57. The van der Waals surface area contributed by atoms with Crippen molar-refractivity contribution in [2.45, 2.75) is 25.8 Å². The van der Waals surface area contributed by atoms with Gasteiger partial charge in [0.05, 0.1) is 6.04 Å². The number of rotatable bonds is 3. The number of aromatic amines is 1. The molecule has 0 aliphatic carbocycles. The highest BCUT2D eigenvalue weighted by Gasteiger charge is 2.30. The van der Waals surface area contributed by atoms with E-state index in [4.69, 9.17) is 0 Å². The Labute approximate surface area is 129 Å². The van der Waals surface area contributed by atoms with Gasteiger partial charge in [-0.2, -0.15) is 5.10 Å². The molecule has 0 aromatic carbocycles. The van der Waals surface area contributed by atoms with E-state index in [1.54, 1.807) is 6.20 Å². The molecule has 0 saturated carbocycles. The number of hydrogen-bond donors (Lipinski definition) is 2. The lowest BCUT2D eigenvalue weighted by Crippen LogP contribution is -2.48. The summed E-state index contributed by atoms with van der Waals surface area (Å²) < 4.78 is 0. The first-order chi connectivity index (χ1) is 10.7. The van der Waals surface area contributed by atoms with Crippen molar-refractivity contribution in [2.75, 3.05) is 19.6 Å². The third kappa shape index (κ3) is 2.87.